The normalized spacial score (nSPS) is 12.9. The smallest absolute Gasteiger partial charge is 0.322 e. The van der Waals surface area contributed by atoms with Gasteiger partial charge in [0.05, 0.1) is 19.8 Å². The predicted molar refractivity (Wildman–Crippen MR) is 38.3 cm³/mol. The van der Waals surface area contributed by atoms with Crippen LogP contribution < -0.4 is 5.73 Å². The van der Waals surface area contributed by atoms with E-state index >= 15 is 0 Å². The first-order chi connectivity index (χ1) is 5.18. The number of aliphatic carboxylic acids is 1. The van der Waals surface area contributed by atoms with Crippen LogP contribution in [0.4, 0.5) is 0 Å². The molecule has 0 rings (SSSR count). The van der Waals surface area contributed by atoms with Crippen LogP contribution in [0.15, 0.2) is 0 Å². The van der Waals surface area contributed by atoms with Gasteiger partial charge in [0, 0.05) is 7.11 Å². The van der Waals surface area contributed by atoms with Crippen LogP contribution in [-0.4, -0.2) is 44.0 Å². The number of hydrogen-bond donors (Lipinski definition) is 2. The molecule has 0 aliphatic rings. The highest BCUT2D eigenvalue weighted by Gasteiger charge is 2.10. The SMILES string of the molecule is COCCOC[C@@H](N)C(=O)O. The molecule has 66 valence electrons. The van der Waals surface area contributed by atoms with Crippen LogP contribution >= 0.6 is 0 Å². The first-order valence-corrected chi connectivity index (χ1v) is 3.23. The zero-order valence-corrected chi connectivity index (χ0v) is 6.45. The highest BCUT2D eigenvalue weighted by atomic mass is 16.5. The van der Waals surface area contributed by atoms with E-state index in [0.717, 1.165) is 0 Å². The number of nitrogens with two attached hydrogens (primary N) is 1. The molecular weight excluding hydrogens is 150 g/mol. The Morgan fingerprint density at radius 2 is 2.27 bits per heavy atom. The fourth-order valence-electron chi connectivity index (χ4n) is 0.424. The van der Waals surface area contributed by atoms with Gasteiger partial charge in [-0.05, 0) is 0 Å². The second kappa shape index (κ2) is 6.09. The Morgan fingerprint density at radius 1 is 1.64 bits per heavy atom. The number of hydrogen-bond acceptors (Lipinski definition) is 4. The van der Waals surface area contributed by atoms with Crippen molar-refractivity contribution in [2.75, 3.05) is 26.9 Å². The second-order valence-electron chi connectivity index (χ2n) is 2.01. The molecule has 0 heterocycles. The number of ether oxygens (including phenoxy) is 2. The van der Waals surface area contributed by atoms with Crippen molar-refractivity contribution in [3.05, 3.63) is 0 Å². The molecule has 5 heteroatoms. The van der Waals surface area contributed by atoms with Crippen molar-refractivity contribution in [3.8, 4) is 0 Å². The summed E-state index contributed by atoms with van der Waals surface area (Å²) in [6, 6.07) is -0.938. The number of rotatable bonds is 6. The average molecular weight is 163 g/mol. The Morgan fingerprint density at radius 3 is 2.73 bits per heavy atom. The van der Waals surface area contributed by atoms with Gasteiger partial charge in [-0.25, -0.2) is 0 Å². The van der Waals surface area contributed by atoms with Crippen molar-refractivity contribution >= 4 is 5.97 Å². The van der Waals surface area contributed by atoms with Crippen molar-refractivity contribution in [1.82, 2.24) is 0 Å². The molecule has 0 aromatic carbocycles. The van der Waals surface area contributed by atoms with Gasteiger partial charge in [0.15, 0.2) is 0 Å². The Kier molecular flexibility index (Phi) is 5.73. The lowest BCUT2D eigenvalue weighted by Gasteiger charge is -2.06. The molecule has 0 fully saturated rings. The molecule has 0 saturated heterocycles. The van der Waals surface area contributed by atoms with Gasteiger partial charge in [-0.15, -0.1) is 0 Å². The lowest BCUT2D eigenvalue weighted by atomic mass is 10.3. The van der Waals surface area contributed by atoms with E-state index < -0.39 is 12.0 Å². The first-order valence-electron chi connectivity index (χ1n) is 3.23. The van der Waals surface area contributed by atoms with Crippen molar-refractivity contribution < 1.29 is 19.4 Å². The third-order valence-corrected chi connectivity index (χ3v) is 1.05. The molecule has 0 unspecified atom stereocenters. The summed E-state index contributed by atoms with van der Waals surface area (Å²) in [5.74, 6) is -1.05. The fourth-order valence-corrected chi connectivity index (χ4v) is 0.424. The highest BCUT2D eigenvalue weighted by Crippen LogP contribution is 1.82. The zero-order valence-electron chi connectivity index (χ0n) is 6.45. The van der Waals surface area contributed by atoms with Gasteiger partial charge in [0.1, 0.15) is 6.04 Å². The number of methoxy groups -OCH3 is 1. The van der Waals surface area contributed by atoms with E-state index in [9.17, 15) is 4.79 Å². The lowest BCUT2D eigenvalue weighted by molar-refractivity contribution is -0.140. The summed E-state index contributed by atoms with van der Waals surface area (Å²) in [6.45, 7) is 0.850. The molecule has 1 atom stereocenters. The minimum Gasteiger partial charge on any atom is -0.480 e. The van der Waals surface area contributed by atoms with Crippen LogP contribution in [-0.2, 0) is 14.3 Å². The van der Waals surface area contributed by atoms with E-state index in [0.29, 0.717) is 13.2 Å². The number of carboxylic acids is 1. The molecule has 0 amide bonds. The van der Waals surface area contributed by atoms with Crippen LogP contribution in [0.2, 0.25) is 0 Å². The summed E-state index contributed by atoms with van der Waals surface area (Å²) in [5, 5.41) is 8.30. The Labute approximate surface area is 65.1 Å². The number of carbonyl (C=O) groups is 1. The van der Waals surface area contributed by atoms with E-state index in [-0.39, 0.29) is 6.61 Å². The van der Waals surface area contributed by atoms with Crippen LogP contribution in [0.3, 0.4) is 0 Å². The third kappa shape index (κ3) is 5.78. The average Bonchev–Trinajstić information content (AvgIpc) is 1.97. The molecule has 3 N–H and O–H groups in total. The highest BCUT2D eigenvalue weighted by molar-refractivity contribution is 5.73. The summed E-state index contributed by atoms with van der Waals surface area (Å²) >= 11 is 0. The van der Waals surface area contributed by atoms with Crippen molar-refractivity contribution in [2.45, 2.75) is 6.04 Å². The summed E-state index contributed by atoms with van der Waals surface area (Å²) in [6.07, 6.45) is 0. The molecule has 0 saturated carbocycles. The molecule has 0 aromatic heterocycles. The van der Waals surface area contributed by atoms with Crippen molar-refractivity contribution in [1.29, 1.82) is 0 Å². The minimum absolute atomic E-state index is 0.0265. The molecule has 0 aliphatic carbocycles. The monoisotopic (exact) mass is 163 g/mol. The van der Waals surface area contributed by atoms with E-state index in [4.69, 9.17) is 15.6 Å². The van der Waals surface area contributed by atoms with Crippen molar-refractivity contribution in [3.63, 3.8) is 0 Å². The molecule has 0 radical (unpaired) electrons. The van der Waals surface area contributed by atoms with Gasteiger partial charge in [-0.2, -0.15) is 0 Å². The van der Waals surface area contributed by atoms with Gasteiger partial charge in [-0.3, -0.25) is 4.79 Å². The largest absolute Gasteiger partial charge is 0.480 e. The summed E-state index contributed by atoms with van der Waals surface area (Å²) in [4.78, 5) is 10.1. The third-order valence-electron chi connectivity index (χ3n) is 1.05. The minimum atomic E-state index is -1.05. The molecular formula is C6H13NO4. The van der Waals surface area contributed by atoms with Gasteiger partial charge in [0.2, 0.25) is 0 Å². The molecule has 5 nitrogen and oxygen atoms in total. The van der Waals surface area contributed by atoms with Crippen LogP contribution in [0.25, 0.3) is 0 Å². The Hall–Kier alpha value is -0.650. The van der Waals surface area contributed by atoms with E-state index in [1.807, 2.05) is 0 Å². The maximum absolute atomic E-state index is 10.1. The molecule has 0 spiro atoms. The zero-order chi connectivity index (χ0) is 8.69. The second-order valence-corrected chi connectivity index (χ2v) is 2.01. The molecule has 0 aromatic rings. The molecule has 0 aliphatic heterocycles. The quantitative estimate of drug-likeness (QED) is 0.494. The standard InChI is InChI=1S/C6H13NO4/c1-10-2-3-11-4-5(7)6(8)9/h5H,2-4,7H2,1H3,(H,8,9)/t5-/m1/s1. The van der Waals surface area contributed by atoms with Gasteiger partial charge < -0.3 is 20.3 Å². The summed E-state index contributed by atoms with van der Waals surface area (Å²) in [5.41, 5.74) is 5.13. The van der Waals surface area contributed by atoms with Crippen LogP contribution in [0, 0.1) is 0 Å². The fraction of sp³-hybridized carbons (Fsp3) is 0.833. The van der Waals surface area contributed by atoms with Crippen molar-refractivity contribution in [2.24, 2.45) is 5.73 Å². The topological polar surface area (TPSA) is 81.8 Å². The molecule has 0 bridgehead atoms. The molecule has 11 heavy (non-hydrogen) atoms. The van der Waals surface area contributed by atoms with Crippen LogP contribution in [0.5, 0.6) is 0 Å². The first kappa shape index (κ1) is 10.3. The van der Waals surface area contributed by atoms with E-state index in [1.54, 1.807) is 7.11 Å². The summed E-state index contributed by atoms with van der Waals surface area (Å²) < 4.78 is 9.54. The Bertz CT molecular complexity index is 117. The van der Waals surface area contributed by atoms with Gasteiger partial charge in [0.25, 0.3) is 0 Å². The lowest BCUT2D eigenvalue weighted by Crippen LogP contribution is -2.35. The van der Waals surface area contributed by atoms with Gasteiger partial charge >= 0.3 is 5.97 Å². The maximum Gasteiger partial charge on any atom is 0.322 e. The van der Waals surface area contributed by atoms with Gasteiger partial charge in [-0.1, -0.05) is 0 Å². The van der Waals surface area contributed by atoms with E-state index in [1.165, 1.54) is 0 Å². The Balaban J connectivity index is 3.17. The van der Waals surface area contributed by atoms with Crippen LogP contribution in [0.1, 0.15) is 0 Å². The predicted octanol–water partition coefficient (Wildman–Crippen LogP) is -0.939. The number of carboxylic acid groups (broad SMARTS) is 1. The maximum atomic E-state index is 10.1. The summed E-state index contributed by atoms with van der Waals surface area (Å²) in [7, 11) is 1.54. The van der Waals surface area contributed by atoms with E-state index in [2.05, 4.69) is 4.74 Å².